The van der Waals surface area contributed by atoms with Crippen molar-refractivity contribution >= 4 is 43.4 Å². The number of aromatic nitrogens is 1. The summed E-state index contributed by atoms with van der Waals surface area (Å²) in [6.45, 7) is 3.24. The van der Waals surface area contributed by atoms with Gasteiger partial charge >= 0.3 is 0 Å². The van der Waals surface area contributed by atoms with Gasteiger partial charge in [0.05, 0.1) is 5.52 Å². The Morgan fingerprint density at radius 2 is 1.37 bits per heavy atom. The van der Waals surface area contributed by atoms with E-state index in [2.05, 4.69) is 96.4 Å². The standard InChI is InChI=1S/C29H21N/c1-2-30-25-14-8-7-13-23(25)27-22-12-6-5-11-21(22)24-17-19-16-15-18-9-3-4-10-20(18)26(19)28(24)29(27)30/h3-16H,2,17H2,1H3. The van der Waals surface area contributed by atoms with Gasteiger partial charge in [0.25, 0.3) is 0 Å². The maximum atomic E-state index is 2.53. The molecule has 1 heteroatoms. The summed E-state index contributed by atoms with van der Waals surface area (Å²) < 4.78 is 2.53. The molecule has 0 spiro atoms. The molecule has 0 fully saturated rings. The van der Waals surface area contributed by atoms with Gasteiger partial charge in [0.15, 0.2) is 0 Å². The Hall–Kier alpha value is -3.58. The lowest BCUT2D eigenvalue weighted by atomic mass is 9.92. The first-order valence-electron chi connectivity index (χ1n) is 10.8. The van der Waals surface area contributed by atoms with Crippen LogP contribution in [0.4, 0.5) is 0 Å². The van der Waals surface area contributed by atoms with E-state index in [-0.39, 0.29) is 0 Å². The lowest BCUT2D eigenvalue weighted by molar-refractivity contribution is 0.828. The van der Waals surface area contributed by atoms with Gasteiger partial charge in [-0.3, -0.25) is 0 Å². The summed E-state index contributed by atoms with van der Waals surface area (Å²) in [6, 6.07) is 31.4. The molecule has 142 valence electrons. The second kappa shape index (κ2) is 5.73. The van der Waals surface area contributed by atoms with E-state index in [9.17, 15) is 0 Å². The highest BCUT2D eigenvalue weighted by molar-refractivity contribution is 6.27. The predicted molar refractivity (Wildman–Crippen MR) is 128 cm³/mol. The maximum Gasteiger partial charge on any atom is 0.0580 e. The van der Waals surface area contributed by atoms with E-state index in [4.69, 9.17) is 0 Å². The number of hydrogen-bond donors (Lipinski definition) is 0. The van der Waals surface area contributed by atoms with Gasteiger partial charge in [-0.15, -0.1) is 0 Å². The lowest BCUT2D eigenvalue weighted by Crippen LogP contribution is -1.96. The topological polar surface area (TPSA) is 4.93 Å². The molecule has 1 heterocycles. The van der Waals surface area contributed by atoms with Crippen LogP contribution in [0.5, 0.6) is 0 Å². The molecule has 0 radical (unpaired) electrons. The van der Waals surface area contributed by atoms with Crippen LogP contribution in [-0.4, -0.2) is 4.57 Å². The van der Waals surface area contributed by atoms with Crippen LogP contribution >= 0.6 is 0 Å². The van der Waals surface area contributed by atoms with Crippen LogP contribution in [0, 0.1) is 0 Å². The minimum absolute atomic E-state index is 0.967. The molecule has 0 bridgehead atoms. The maximum absolute atomic E-state index is 2.53. The van der Waals surface area contributed by atoms with Gasteiger partial charge in [0.2, 0.25) is 0 Å². The molecule has 0 saturated heterocycles. The highest BCUT2D eigenvalue weighted by Gasteiger charge is 2.28. The van der Waals surface area contributed by atoms with Gasteiger partial charge in [0, 0.05) is 28.4 Å². The molecule has 30 heavy (non-hydrogen) atoms. The first-order valence-corrected chi connectivity index (χ1v) is 10.8. The largest absolute Gasteiger partial charge is 0.340 e. The SMILES string of the molecule is CCn1c2ccccc2c2c3ccccc3c3c(c21)-c1c(ccc2ccccc12)C3. The van der Waals surface area contributed by atoms with Crippen molar-refractivity contribution in [1.82, 2.24) is 4.57 Å². The van der Waals surface area contributed by atoms with Crippen molar-refractivity contribution in [3.05, 3.63) is 96.1 Å². The quantitative estimate of drug-likeness (QED) is 0.274. The van der Waals surface area contributed by atoms with E-state index in [0.717, 1.165) is 13.0 Å². The summed E-state index contributed by atoms with van der Waals surface area (Å²) in [6.07, 6.45) is 1.01. The van der Waals surface area contributed by atoms with Crippen molar-refractivity contribution in [2.75, 3.05) is 0 Å². The zero-order chi connectivity index (χ0) is 19.8. The van der Waals surface area contributed by atoms with Crippen LogP contribution in [0.2, 0.25) is 0 Å². The minimum Gasteiger partial charge on any atom is -0.340 e. The molecule has 0 amide bonds. The summed E-state index contributed by atoms with van der Waals surface area (Å²) in [5.74, 6) is 0. The number of benzene rings is 5. The predicted octanol–water partition coefficient (Wildman–Crippen LogP) is 7.69. The molecule has 7 rings (SSSR count). The molecule has 0 saturated carbocycles. The Morgan fingerprint density at radius 1 is 0.667 bits per heavy atom. The van der Waals surface area contributed by atoms with Crippen molar-refractivity contribution < 1.29 is 0 Å². The van der Waals surface area contributed by atoms with Crippen LogP contribution in [0.3, 0.4) is 0 Å². The molecular formula is C29H21N. The number of aryl methyl sites for hydroxylation is 1. The molecule has 0 aliphatic heterocycles. The summed E-state index contributed by atoms with van der Waals surface area (Å²) in [5.41, 5.74) is 8.57. The van der Waals surface area contributed by atoms with Crippen LogP contribution in [-0.2, 0) is 13.0 Å². The van der Waals surface area contributed by atoms with Crippen LogP contribution < -0.4 is 0 Å². The highest BCUT2D eigenvalue weighted by atomic mass is 15.0. The molecule has 1 aliphatic carbocycles. The third-order valence-corrected chi connectivity index (χ3v) is 6.98. The monoisotopic (exact) mass is 383 g/mol. The van der Waals surface area contributed by atoms with Gasteiger partial charge in [0.1, 0.15) is 0 Å². The van der Waals surface area contributed by atoms with E-state index in [1.807, 2.05) is 0 Å². The van der Waals surface area contributed by atoms with Crippen molar-refractivity contribution in [1.29, 1.82) is 0 Å². The lowest BCUT2D eigenvalue weighted by Gasteiger charge is -2.14. The van der Waals surface area contributed by atoms with Crippen LogP contribution in [0.1, 0.15) is 18.1 Å². The molecule has 1 aromatic heterocycles. The van der Waals surface area contributed by atoms with E-state index < -0.39 is 0 Å². The third kappa shape index (κ3) is 1.88. The van der Waals surface area contributed by atoms with Crippen molar-refractivity contribution in [3.8, 4) is 11.1 Å². The number of para-hydroxylation sites is 1. The average molecular weight is 383 g/mol. The second-order valence-electron chi connectivity index (χ2n) is 8.38. The van der Waals surface area contributed by atoms with Crippen LogP contribution in [0.15, 0.2) is 84.9 Å². The molecule has 0 N–H and O–H groups in total. The van der Waals surface area contributed by atoms with E-state index in [1.54, 1.807) is 0 Å². The van der Waals surface area contributed by atoms with Crippen molar-refractivity contribution in [3.63, 3.8) is 0 Å². The number of nitrogens with zero attached hydrogens (tertiary/aromatic N) is 1. The number of fused-ring (bicyclic) bond motifs is 12. The molecule has 1 nitrogen and oxygen atoms in total. The van der Waals surface area contributed by atoms with Gasteiger partial charge in [-0.05, 0) is 57.6 Å². The van der Waals surface area contributed by atoms with E-state index in [1.165, 1.54) is 65.6 Å². The number of rotatable bonds is 1. The summed E-state index contributed by atoms with van der Waals surface area (Å²) in [7, 11) is 0. The fourth-order valence-electron chi connectivity index (χ4n) is 5.81. The van der Waals surface area contributed by atoms with Gasteiger partial charge in [-0.25, -0.2) is 0 Å². The Kier molecular flexibility index (Phi) is 3.10. The average Bonchev–Trinajstić information content (AvgIpc) is 3.35. The second-order valence-corrected chi connectivity index (χ2v) is 8.38. The Bertz CT molecular complexity index is 1650. The zero-order valence-electron chi connectivity index (χ0n) is 16.9. The molecule has 0 unspecified atom stereocenters. The normalized spacial score (nSPS) is 12.8. The first-order chi connectivity index (χ1) is 14.9. The van der Waals surface area contributed by atoms with Gasteiger partial charge < -0.3 is 4.57 Å². The molecule has 0 atom stereocenters. The summed E-state index contributed by atoms with van der Waals surface area (Å²) in [5, 5.41) is 8.25. The van der Waals surface area contributed by atoms with E-state index >= 15 is 0 Å². The Balaban J connectivity index is 1.83. The fraction of sp³-hybridized carbons (Fsp3) is 0.103. The Morgan fingerprint density at radius 3 is 2.20 bits per heavy atom. The van der Waals surface area contributed by atoms with E-state index in [0.29, 0.717) is 0 Å². The summed E-state index contributed by atoms with van der Waals surface area (Å²) in [4.78, 5) is 0. The zero-order valence-corrected chi connectivity index (χ0v) is 16.9. The molecular weight excluding hydrogens is 362 g/mol. The highest BCUT2D eigenvalue weighted by Crippen LogP contribution is 2.50. The first kappa shape index (κ1) is 16.2. The van der Waals surface area contributed by atoms with Crippen molar-refractivity contribution in [2.45, 2.75) is 19.9 Å². The van der Waals surface area contributed by atoms with Gasteiger partial charge in [-0.2, -0.15) is 0 Å². The Labute approximate surface area is 175 Å². The third-order valence-electron chi connectivity index (χ3n) is 6.98. The van der Waals surface area contributed by atoms with Crippen LogP contribution in [0.25, 0.3) is 54.5 Å². The van der Waals surface area contributed by atoms with Gasteiger partial charge in [-0.1, -0.05) is 78.9 Å². The smallest absolute Gasteiger partial charge is 0.0580 e. The molecule has 6 aromatic rings. The number of hydrogen-bond acceptors (Lipinski definition) is 0. The molecule has 5 aromatic carbocycles. The summed E-state index contributed by atoms with van der Waals surface area (Å²) >= 11 is 0. The minimum atomic E-state index is 0.967. The molecule has 1 aliphatic rings. The fourth-order valence-corrected chi connectivity index (χ4v) is 5.81. The van der Waals surface area contributed by atoms with Crippen molar-refractivity contribution in [2.24, 2.45) is 0 Å².